The summed E-state index contributed by atoms with van der Waals surface area (Å²) in [5.74, 6) is -0.958. The molecule has 1 spiro atoms. The van der Waals surface area contributed by atoms with Gasteiger partial charge in [0.05, 0.1) is 24.5 Å². The Hall–Kier alpha value is -4.29. The van der Waals surface area contributed by atoms with E-state index < -0.39 is 17.7 Å². The lowest BCUT2D eigenvalue weighted by Crippen LogP contribution is -2.55. The van der Waals surface area contributed by atoms with Crippen molar-refractivity contribution in [3.8, 4) is 5.82 Å². The van der Waals surface area contributed by atoms with Crippen molar-refractivity contribution in [2.75, 3.05) is 38.6 Å². The van der Waals surface area contributed by atoms with Crippen LogP contribution in [0.1, 0.15) is 34.0 Å². The highest BCUT2D eigenvalue weighted by Gasteiger charge is 2.51. The number of rotatable bonds is 3. The summed E-state index contributed by atoms with van der Waals surface area (Å²) in [7, 11) is 3.52. The van der Waals surface area contributed by atoms with E-state index in [0.29, 0.717) is 25.3 Å². The molecule has 0 radical (unpaired) electrons. The van der Waals surface area contributed by atoms with Crippen molar-refractivity contribution < 1.29 is 37.1 Å². The van der Waals surface area contributed by atoms with Crippen molar-refractivity contribution in [3.05, 3.63) is 65.5 Å². The highest BCUT2D eigenvalue weighted by Crippen LogP contribution is 2.47. The van der Waals surface area contributed by atoms with E-state index in [0.717, 1.165) is 28.5 Å². The lowest BCUT2D eigenvalue weighted by molar-refractivity contribution is -0.192. The lowest BCUT2D eigenvalue weighted by Gasteiger charge is -2.46. The zero-order chi connectivity index (χ0) is 28.7. The maximum atomic E-state index is 13.3. The summed E-state index contributed by atoms with van der Waals surface area (Å²) in [5, 5.41) is 7.12. The Morgan fingerprint density at radius 2 is 1.87 bits per heavy atom. The number of nitrogens with zero attached hydrogens (tertiary/aromatic N) is 5. The number of aryl methyl sites for hydroxylation is 2. The van der Waals surface area contributed by atoms with E-state index in [9.17, 15) is 22.8 Å². The molecule has 1 unspecified atom stereocenters. The number of hydrogen-bond donors (Lipinski definition) is 1. The smallest absolute Gasteiger partial charge is 0.475 e. The molecule has 13 heteroatoms. The predicted molar refractivity (Wildman–Crippen MR) is 134 cm³/mol. The second kappa shape index (κ2) is 10.1. The number of aliphatic carboxylic acids is 1. The second-order valence-corrected chi connectivity index (χ2v) is 9.64. The third-order valence-corrected chi connectivity index (χ3v) is 6.97. The molecule has 5 heterocycles. The number of carboxylic acids is 1. The number of likely N-dealkylation sites (N-methyl/N-ethyl adjacent to an activating group) is 1. The summed E-state index contributed by atoms with van der Waals surface area (Å²) in [6.45, 7) is 5.05. The summed E-state index contributed by atoms with van der Waals surface area (Å²) in [4.78, 5) is 45.2. The number of likely N-dealkylation sites (tertiary alicyclic amines) is 1. The minimum atomic E-state index is -5.08. The zero-order valence-electron chi connectivity index (χ0n) is 21.8. The van der Waals surface area contributed by atoms with Gasteiger partial charge in [0.2, 0.25) is 5.91 Å². The Labute approximate surface area is 222 Å². The van der Waals surface area contributed by atoms with Crippen molar-refractivity contribution >= 4 is 23.5 Å². The van der Waals surface area contributed by atoms with E-state index in [1.54, 1.807) is 31.3 Å². The molecule has 208 valence electrons. The van der Waals surface area contributed by atoms with E-state index in [-0.39, 0.29) is 18.4 Å². The fourth-order valence-electron chi connectivity index (χ4n) is 4.84. The van der Waals surface area contributed by atoms with Crippen LogP contribution in [0, 0.1) is 13.8 Å². The van der Waals surface area contributed by atoms with Crippen molar-refractivity contribution in [1.82, 2.24) is 19.4 Å². The average Bonchev–Trinajstić information content (AvgIpc) is 3.61. The molecule has 1 saturated heterocycles. The van der Waals surface area contributed by atoms with Gasteiger partial charge in [0.15, 0.2) is 11.6 Å². The Morgan fingerprint density at radius 3 is 2.46 bits per heavy atom. The predicted octanol–water partition coefficient (Wildman–Crippen LogP) is 3.37. The molecule has 0 aliphatic carbocycles. The maximum Gasteiger partial charge on any atom is 0.490 e. The molecule has 1 N–H and O–H groups in total. The van der Waals surface area contributed by atoms with Crippen molar-refractivity contribution in [2.45, 2.75) is 32.0 Å². The van der Waals surface area contributed by atoms with Crippen LogP contribution in [0.2, 0.25) is 0 Å². The Balaban J connectivity index is 0.000000448. The molecule has 2 aliphatic heterocycles. The highest BCUT2D eigenvalue weighted by molar-refractivity contribution is 5.92. The molecule has 0 aromatic carbocycles. The first kappa shape index (κ1) is 27.7. The third-order valence-electron chi connectivity index (χ3n) is 6.97. The number of anilines is 1. The third kappa shape index (κ3) is 5.08. The van der Waals surface area contributed by atoms with Gasteiger partial charge >= 0.3 is 12.1 Å². The number of aromatic nitrogens is 2. The van der Waals surface area contributed by atoms with Gasteiger partial charge in [0, 0.05) is 33.0 Å². The first-order chi connectivity index (χ1) is 18.3. The van der Waals surface area contributed by atoms with Gasteiger partial charge < -0.3 is 28.8 Å². The molecular weight excluding hydrogens is 519 g/mol. The second-order valence-electron chi connectivity index (χ2n) is 9.64. The summed E-state index contributed by atoms with van der Waals surface area (Å²) >= 11 is 0. The largest absolute Gasteiger partial charge is 0.490 e. The summed E-state index contributed by atoms with van der Waals surface area (Å²) in [6, 6.07) is 9.76. The molecule has 3 aromatic heterocycles. The number of carboxylic acid groups (broad SMARTS) is 1. The summed E-state index contributed by atoms with van der Waals surface area (Å²) < 4.78 is 39.5. The Kier molecular flexibility index (Phi) is 7.19. The van der Waals surface area contributed by atoms with Crippen molar-refractivity contribution in [1.29, 1.82) is 0 Å². The molecule has 1 fully saturated rings. The standard InChI is InChI=1S/C24H27N5O3.C2HF3O2/c1-16-13-19(32-17(16)2)23(31)27-12-9-24(15-27)20-8-6-11-28(20)22-18(7-5-10-25-22)29(24)14-21(30)26(3)4;3-2(4,5)1(6)7/h5-8,10-11,13H,9,12,14-15H2,1-4H3;(H,6,7). The molecule has 0 saturated carbocycles. The number of halogens is 3. The molecular formula is C26H28F3N5O5. The van der Waals surface area contributed by atoms with Crippen LogP contribution in [0.4, 0.5) is 18.9 Å². The molecule has 5 rings (SSSR count). The number of alkyl halides is 3. The van der Waals surface area contributed by atoms with Gasteiger partial charge in [-0.1, -0.05) is 0 Å². The number of amides is 2. The number of carbonyl (C=O) groups is 3. The van der Waals surface area contributed by atoms with Gasteiger partial charge in [-0.05, 0) is 56.2 Å². The topological polar surface area (TPSA) is 112 Å². The fourth-order valence-corrected chi connectivity index (χ4v) is 4.84. The maximum absolute atomic E-state index is 13.3. The van der Waals surface area contributed by atoms with E-state index in [1.807, 2.05) is 43.1 Å². The van der Waals surface area contributed by atoms with Crippen LogP contribution < -0.4 is 4.90 Å². The number of pyridine rings is 1. The Bertz CT molecular complexity index is 1390. The number of furan rings is 1. The number of fused-ring (bicyclic) bond motifs is 4. The quantitative estimate of drug-likeness (QED) is 0.535. The Morgan fingerprint density at radius 1 is 1.18 bits per heavy atom. The average molecular weight is 548 g/mol. The molecule has 0 bridgehead atoms. The summed E-state index contributed by atoms with van der Waals surface area (Å²) in [5.41, 5.74) is 2.37. The van der Waals surface area contributed by atoms with Crippen LogP contribution >= 0.6 is 0 Å². The van der Waals surface area contributed by atoms with Gasteiger partial charge in [0.1, 0.15) is 11.3 Å². The van der Waals surface area contributed by atoms with E-state index in [1.165, 1.54) is 0 Å². The van der Waals surface area contributed by atoms with E-state index in [4.69, 9.17) is 14.3 Å². The lowest BCUT2D eigenvalue weighted by atomic mass is 9.88. The molecule has 39 heavy (non-hydrogen) atoms. The first-order valence-corrected chi connectivity index (χ1v) is 12.0. The number of hydrogen-bond acceptors (Lipinski definition) is 6. The van der Waals surface area contributed by atoms with Crippen LogP contribution in [0.15, 0.2) is 47.1 Å². The van der Waals surface area contributed by atoms with Gasteiger partial charge in [0.25, 0.3) is 5.91 Å². The molecule has 3 aromatic rings. The van der Waals surface area contributed by atoms with Crippen LogP contribution in [-0.4, -0.2) is 82.1 Å². The van der Waals surface area contributed by atoms with Crippen LogP contribution in [0.25, 0.3) is 5.82 Å². The van der Waals surface area contributed by atoms with E-state index in [2.05, 4.69) is 20.5 Å². The van der Waals surface area contributed by atoms with E-state index >= 15 is 0 Å². The van der Waals surface area contributed by atoms with Gasteiger partial charge in [-0.15, -0.1) is 0 Å². The minimum absolute atomic E-state index is 0.00115. The van der Waals surface area contributed by atoms with Gasteiger partial charge in [-0.3, -0.25) is 9.59 Å². The zero-order valence-corrected chi connectivity index (χ0v) is 21.8. The van der Waals surface area contributed by atoms with Crippen molar-refractivity contribution in [2.24, 2.45) is 0 Å². The molecule has 1 atom stereocenters. The van der Waals surface area contributed by atoms with Crippen LogP contribution in [0.3, 0.4) is 0 Å². The number of carbonyl (C=O) groups excluding carboxylic acids is 2. The SMILES string of the molecule is Cc1cc(C(=O)N2CCC3(C2)c2cccn2-c2ncccc2N3CC(=O)N(C)C)oc1C.O=C(O)C(F)(F)F. The summed E-state index contributed by atoms with van der Waals surface area (Å²) in [6.07, 6.45) is -0.618. The highest BCUT2D eigenvalue weighted by atomic mass is 19.4. The monoisotopic (exact) mass is 547 g/mol. The fraction of sp³-hybridized carbons (Fsp3) is 0.385. The van der Waals surface area contributed by atoms with Gasteiger partial charge in [-0.25, -0.2) is 9.78 Å². The molecule has 10 nitrogen and oxygen atoms in total. The van der Waals surface area contributed by atoms with Crippen molar-refractivity contribution in [3.63, 3.8) is 0 Å². The normalized spacial score (nSPS) is 17.8. The minimum Gasteiger partial charge on any atom is -0.475 e. The van der Waals surface area contributed by atoms with Crippen LogP contribution in [0.5, 0.6) is 0 Å². The van der Waals surface area contributed by atoms with Gasteiger partial charge in [-0.2, -0.15) is 13.2 Å². The first-order valence-electron chi connectivity index (χ1n) is 12.0. The molecule has 2 aliphatic rings. The van der Waals surface area contributed by atoms with Crippen LogP contribution in [-0.2, 0) is 15.1 Å². The molecule has 2 amide bonds.